The smallest absolute Gasteiger partial charge is 0.132 e. The second kappa shape index (κ2) is 5.65. The van der Waals surface area contributed by atoms with Crippen molar-refractivity contribution in [2.45, 2.75) is 13.3 Å². The number of rotatable bonds is 4. The van der Waals surface area contributed by atoms with Crippen molar-refractivity contribution >= 4 is 11.5 Å². The molecule has 0 radical (unpaired) electrons. The number of hydrogen-bond donors (Lipinski definition) is 1. The van der Waals surface area contributed by atoms with Crippen molar-refractivity contribution < 1.29 is 0 Å². The first kappa shape index (κ1) is 12.6. The fraction of sp³-hybridized carbons (Fsp3) is 0.267. The van der Waals surface area contributed by atoms with Crippen LogP contribution in [0.25, 0.3) is 0 Å². The Morgan fingerprint density at radius 3 is 2.39 bits per heavy atom. The molecular formula is C15H19N3. The molecule has 3 heteroatoms. The van der Waals surface area contributed by atoms with Crippen molar-refractivity contribution in [1.29, 1.82) is 0 Å². The number of nitrogens with zero attached hydrogens (tertiary/aromatic N) is 2. The van der Waals surface area contributed by atoms with Crippen LogP contribution in [0.1, 0.15) is 11.1 Å². The van der Waals surface area contributed by atoms with E-state index in [1.807, 2.05) is 19.3 Å². The van der Waals surface area contributed by atoms with Crippen molar-refractivity contribution in [2.75, 3.05) is 18.5 Å². The van der Waals surface area contributed by atoms with E-state index >= 15 is 0 Å². The van der Waals surface area contributed by atoms with Gasteiger partial charge in [-0.25, -0.2) is 4.98 Å². The summed E-state index contributed by atoms with van der Waals surface area (Å²) in [4.78, 5) is 6.54. The number of hydrogen-bond acceptors (Lipinski definition) is 3. The summed E-state index contributed by atoms with van der Waals surface area (Å²) in [5, 5.41) is 0. The third-order valence-corrected chi connectivity index (χ3v) is 3.01. The molecule has 2 aromatic rings. The molecule has 0 spiro atoms. The molecule has 0 aliphatic heterocycles. The van der Waals surface area contributed by atoms with Gasteiger partial charge in [0.15, 0.2) is 0 Å². The number of aryl methyl sites for hydroxylation is 1. The Labute approximate surface area is 108 Å². The van der Waals surface area contributed by atoms with E-state index in [0.717, 1.165) is 17.9 Å². The highest BCUT2D eigenvalue weighted by Crippen LogP contribution is 2.21. The lowest BCUT2D eigenvalue weighted by atomic mass is 10.2. The fourth-order valence-corrected chi connectivity index (χ4v) is 1.83. The Hall–Kier alpha value is -1.87. The molecule has 2 N–H and O–H groups in total. The van der Waals surface area contributed by atoms with Crippen molar-refractivity contribution in [1.82, 2.24) is 4.98 Å². The van der Waals surface area contributed by atoms with Crippen LogP contribution in [0, 0.1) is 6.92 Å². The van der Waals surface area contributed by atoms with Gasteiger partial charge in [0.25, 0.3) is 0 Å². The van der Waals surface area contributed by atoms with Crippen LogP contribution in [0.3, 0.4) is 0 Å². The summed E-state index contributed by atoms with van der Waals surface area (Å²) in [5.74, 6) is 0.944. The van der Waals surface area contributed by atoms with Gasteiger partial charge >= 0.3 is 0 Å². The van der Waals surface area contributed by atoms with Gasteiger partial charge in [0, 0.05) is 18.9 Å². The predicted molar refractivity (Wildman–Crippen MR) is 76.2 cm³/mol. The molecule has 0 amide bonds. The summed E-state index contributed by atoms with van der Waals surface area (Å²) in [6, 6.07) is 12.5. The van der Waals surface area contributed by atoms with E-state index in [1.165, 1.54) is 11.1 Å². The molecule has 0 bridgehead atoms. The number of aromatic nitrogens is 1. The van der Waals surface area contributed by atoms with Crippen LogP contribution < -0.4 is 10.6 Å². The average molecular weight is 241 g/mol. The van der Waals surface area contributed by atoms with Crippen LogP contribution in [-0.2, 0) is 6.42 Å². The van der Waals surface area contributed by atoms with Crippen LogP contribution in [0.15, 0.2) is 42.6 Å². The highest BCUT2D eigenvalue weighted by atomic mass is 15.2. The van der Waals surface area contributed by atoms with Crippen LogP contribution in [0.2, 0.25) is 0 Å². The van der Waals surface area contributed by atoms with Gasteiger partial charge in [0.1, 0.15) is 5.82 Å². The zero-order valence-electron chi connectivity index (χ0n) is 10.9. The molecule has 1 aromatic carbocycles. The Morgan fingerprint density at radius 2 is 1.83 bits per heavy atom. The van der Waals surface area contributed by atoms with Gasteiger partial charge in [-0.3, -0.25) is 0 Å². The van der Waals surface area contributed by atoms with Crippen LogP contribution >= 0.6 is 0 Å². The lowest BCUT2D eigenvalue weighted by molar-refractivity contribution is 0.955. The third kappa shape index (κ3) is 2.87. The molecule has 0 saturated carbocycles. The normalized spacial score (nSPS) is 10.4. The minimum Gasteiger partial charge on any atom is -0.330 e. The third-order valence-electron chi connectivity index (χ3n) is 3.01. The summed E-state index contributed by atoms with van der Waals surface area (Å²) in [6.45, 7) is 2.75. The van der Waals surface area contributed by atoms with Gasteiger partial charge in [-0.15, -0.1) is 0 Å². The number of benzene rings is 1. The summed E-state index contributed by atoms with van der Waals surface area (Å²) in [5.41, 5.74) is 9.11. The second-order valence-corrected chi connectivity index (χ2v) is 4.46. The largest absolute Gasteiger partial charge is 0.330 e. The van der Waals surface area contributed by atoms with Crippen molar-refractivity contribution in [2.24, 2.45) is 5.73 Å². The standard InChI is InChI=1S/C15H19N3/c1-12-3-6-14(7-4-12)18(2)15-8-5-13(9-10-16)11-17-15/h3-8,11H,9-10,16H2,1-2H3. The molecule has 0 aliphatic carbocycles. The van der Waals surface area contributed by atoms with E-state index in [9.17, 15) is 0 Å². The Bertz CT molecular complexity index is 488. The van der Waals surface area contributed by atoms with E-state index in [-0.39, 0.29) is 0 Å². The Balaban J connectivity index is 2.17. The summed E-state index contributed by atoms with van der Waals surface area (Å²) in [6.07, 6.45) is 2.77. The second-order valence-electron chi connectivity index (χ2n) is 4.46. The first-order valence-electron chi connectivity index (χ1n) is 6.16. The summed E-state index contributed by atoms with van der Waals surface area (Å²) < 4.78 is 0. The van der Waals surface area contributed by atoms with Crippen molar-refractivity contribution in [3.8, 4) is 0 Å². The first-order chi connectivity index (χ1) is 8.70. The molecule has 0 saturated heterocycles. The monoisotopic (exact) mass is 241 g/mol. The Morgan fingerprint density at radius 1 is 1.11 bits per heavy atom. The van der Waals surface area contributed by atoms with Crippen LogP contribution in [0.4, 0.5) is 11.5 Å². The van der Waals surface area contributed by atoms with Crippen molar-refractivity contribution in [3.05, 3.63) is 53.7 Å². The van der Waals surface area contributed by atoms with Gasteiger partial charge < -0.3 is 10.6 Å². The highest BCUT2D eigenvalue weighted by Gasteiger charge is 2.04. The molecular weight excluding hydrogens is 222 g/mol. The average Bonchev–Trinajstić information content (AvgIpc) is 2.40. The van der Waals surface area contributed by atoms with E-state index < -0.39 is 0 Å². The molecule has 1 heterocycles. The van der Waals surface area contributed by atoms with Crippen molar-refractivity contribution in [3.63, 3.8) is 0 Å². The Kier molecular flexibility index (Phi) is 3.95. The van der Waals surface area contributed by atoms with E-state index in [0.29, 0.717) is 6.54 Å². The SMILES string of the molecule is Cc1ccc(N(C)c2ccc(CCN)cn2)cc1. The first-order valence-corrected chi connectivity index (χ1v) is 6.16. The topological polar surface area (TPSA) is 42.1 Å². The molecule has 0 fully saturated rings. The maximum atomic E-state index is 5.53. The van der Waals surface area contributed by atoms with Gasteiger partial charge in [-0.05, 0) is 43.7 Å². The van der Waals surface area contributed by atoms with Crippen LogP contribution in [0.5, 0.6) is 0 Å². The molecule has 18 heavy (non-hydrogen) atoms. The fourth-order valence-electron chi connectivity index (χ4n) is 1.83. The quantitative estimate of drug-likeness (QED) is 0.894. The zero-order chi connectivity index (χ0) is 13.0. The van der Waals surface area contributed by atoms with Crippen LogP contribution in [-0.4, -0.2) is 18.6 Å². The number of nitrogens with two attached hydrogens (primary N) is 1. The maximum Gasteiger partial charge on any atom is 0.132 e. The number of anilines is 2. The maximum absolute atomic E-state index is 5.53. The molecule has 0 atom stereocenters. The van der Waals surface area contributed by atoms with Gasteiger partial charge in [0.05, 0.1) is 0 Å². The molecule has 3 nitrogen and oxygen atoms in total. The molecule has 94 valence electrons. The summed E-state index contributed by atoms with van der Waals surface area (Å²) in [7, 11) is 2.02. The molecule has 2 rings (SSSR count). The molecule has 1 aromatic heterocycles. The van der Waals surface area contributed by atoms with E-state index in [2.05, 4.69) is 47.1 Å². The summed E-state index contributed by atoms with van der Waals surface area (Å²) >= 11 is 0. The lowest BCUT2D eigenvalue weighted by Gasteiger charge is -2.18. The highest BCUT2D eigenvalue weighted by molar-refractivity contribution is 5.59. The van der Waals surface area contributed by atoms with Gasteiger partial charge in [-0.2, -0.15) is 0 Å². The minimum absolute atomic E-state index is 0.662. The zero-order valence-corrected chi connectivity index (χ0v) is 10.9. The predicted octanol–water partition coefficient (Wildman–Crippen LogP) is 2.66. The minimum atomic E-state index is 0.662. The van der Waals surface area contributed by atoms with Gasteiger partial charge in [-0.1, -0.05) is 23.8 Å². The molecule has 0 unspecified atom stereocenters. The number of pyridine rings is 1. The van der Waals surface area contributed by atoms with Gasteiger partial charge in [0.2, 0.25) is 0 Å². The molecule has 0 aliphatic rings. The van der Waals surface area contributed by atoms with E-state index in [1.54, 1.807) is 0 Å². The van der Waals surface area contributed by atoms with E-state index in [4.69, 9.17) is 5.73 Å². The lowest BCUT2D eigenvalue weighted by Crippen LogP contribution is -2.11.